The van der Waals surface area contributed by atoms with Gasteiger partial charge in [0.15, 0.2) is 0 Å². The van der Waals surface area contributed by atoms with Crippen LogP contribution < -0.4 is 4.90 Å². The van der Waals surface area contributed by atoms with Crippen molar-refractivity contribution in [3.8, 4) is 0 Å². The lowest BCUT2D eigenvalue weighted by atomic mass is 10.1. The molecule has 0 atom stereocenters. The molecular weight excluding hydrogens is 362 g/mol. The van der Waals surface area contributed by atoms with Crippen molar-refractivity contribution in [2.75, 3.05) is 50.8 Å². The normalized spacial score (nSPS) is 16.2. The lowest BCUT2D eigenvalue weighted by Crippen LogP contribution is -2.49. The van der Waals surface area contributed by atoms with Crippen LogP contribution in [0, 0.1) is 0 Å². The molecule has 0 aliphatic carbocycles. The topological polar surface area (TPSA) is 36.0 Å². The second-order valence-corrected chi connectivity index (χ2v) is 7.48. The van der Waals surface area contributed by atoms with Crippen molar-refractivity contribution in [3.05, 3.63) is 59.7 Å². The SMILES string of the molecule is CCOC(=O)N1CCN(CCCN2c3ccccc3C=Cc3ccccc32)CC1. The minimum Gasteiger partial charge on any atom is -0.450 e. The number of carbonyl (C=O) groups is 1. The van der Waals surface area contributed by atoms with Crippen molar-refractivity contribution >= 4 is 29.6 Å². The third kappa shape index (κ3) is 4.46. The van der Waals surface area contributed by atoms with Crippen molar-refractivity contribution < 1.29 is 9.53 Å². The van der Waals surface area contributed by atoms with Crippen LogP contribution in [0.3, 0.4) is 0 Å². The Hall–Kier alpha value is -2.79. The first-order valence-corrected chi connectivity index (χ1v) is 10.5. The van der Waals surface area contributed by atoms with E-state index in [0.717, 1.165) is 45.7 Å². The van der Waals surface area contributed by atoms with Crippen LogP contribution in [0.15, 0.2) is 48.5 Å². The summed E-state index contributed by atoms with van der Waals surface area (Å²) in [6, 6.07) is 17.2. The van der Waals surface area contributed by atoms with Crippen LogP contribution in [0.5, 0.6) is 0 Å². The van der Waals surface area contributed by atoms with Crippen LogP contribution in [0.4, 0.5) is 16.2 Å². The van der Waals surface area contributed by atoms with Crippen LogP contribution in [0.25, 0.3) is 12.2 Å². The van der Waals surface area contributed by atoms with Crippen LogP contribution in [0.2, 0.25) is 0 Å². The molecule has 2 aromatic carbocycles. The summed E-state index contributed by atoms with van der Waals surface area (Å²) in [6.45, 7) is 7.60. The predicted octanol–water partition coefficient (Wildman–Crippen LogP) is 4.47. The molecule has 1 amide bonds. The Bertz CT molecular complexity index is 822. The number of ether oxygens (including phenoxy) is 1. The molecule has 5 nitrogen and oxygen atoms in total. The Balaban J connectivity index is 1.38. The zero-order valence-electron chi connectivity index (χ0n) is 17.1. The molecule has 1 fully saturated rings. The summed E-state index contributed by atoms with van der Waals surface area (Å²) in [5.41, 5.74) is 5.04. The van der Waals surface area contributed by atoms with Gasteiger partial charge in [-0.3, -0.25) is 4.90 Å². The highest BCUT2D eigenvalue weighted by atomic mass is 16.6. The Morgan fingerprint density at radius 3 is 2.03 bits per heavy atom. The number of anilines is 2. The first-order chi connectivity index (χ1) is 14.3. The van der Waals surface area contributed by atoms with E-state index in [-0.39, 0.29) is 6.09 Å². The van der Waals surface area contributed by atoms with Gasteiger partial charge >= 0.3 is 6.09 Å². The van der Waals surface area contributed by atoms with Gasteiger partial charge < -0.3 is 14.5 Å². The van der Waals surface area contributed by atoms with Gasteiger partial charge in [-0.15, -0.1) is 0 Å². The summed E-state index contributed by atoms with van der Waals surface area (Å²) in [5.74, 6) is 0. The highest BCUT2D eigenvalue weighted by molar-refractivity contribution is 5.88. The van der Waals surface area contributed by atoms with E-state index in [1.54, 1.807) is 0 Å². The maximum absolute atomic E-state index is 11.9. The van der Waals surface area contributed by atoms with Gasteiger partial charge in [0.05, 0.1) is 6.61 Å². The largest absolute Gasteiger partial charge is 0.450 e. The number of amides is 1. The number of hydrogen-bond donors (Lipinski definition) is 0. The molecule has 152 valence electrons. The summed E-state index contributed by atoms with van der Waals surface area (Å²) in [6.07, 6.45) is 5.31. The molecule has 2 aliphatic rings. The summed E-state index contributed by atoms with van der Waals surface area (Å²) >= 11 is 0. The Labute approximate surface area is 173 Å². The van der Waals surface area contributed by atoms with Crippen LogP contribution in [0.1, 0.15) is 24.5 Å². The van der Waals surface area contributed by atoms with Gasteiger partial charge in [-0.2, -0.15) is 0 Å². The zero-order valence-corrected chi connectivity index (χ0v) is 17.1. The Morgan fingerprint density at radius 1 is 0.862 bits per heavy atom. The van der Waals surface area contributed by atoms with E-state index < -0.39 is 0 Å². The highest BCUT2D eigenvalue weighted by Gasteiger charge is 2.22. The number of carbonyl (C=O) groups excluding carboxylic acids is 1. The third-order valence-electron chi connectivity index (χ3n) is 5.65. The molecule has 29 heavy (non-hydrogen) atoms. The maximum Gasteiger partial charge on any atom is 0.409 e. The fourth-order valence-electron chi connectivity index (χ4n) is 4.12. The average molecular weight is 392 g/mol. The number of rotatable bonds is 5. The van der Waals surface area contributed by atoms with Gasteiger partial charge in [-0.25, -0.2) is 4.79 Å². The van der Waals surface area contributed by atoms with Gasteiger partial charge in [0.2, 0.25) is 0 Å². The van der Waals surface area contributed by atoms with E-state index in [2.05, 4.69) is 70.5 Å². The number of para-hydroxylation sites is 2. The fourth-order valence-corrected chi connectivity index (χ4v) is 4.12. The van der Waals surface area contributed by atoms with Gasteiger partial charge in [-0.1, -0.05) is 48.6 Å². The molecular formula is C24H29N3O2. The second kappa shape index (κ2) is 9.14. The number of hydrogen-bond acceptors (Lipinski definition) is 4. The summed E-state index contributed by atoms with van der Waals surface area (Å²) in [5, 5.41) is 0. The van der Waals surface area contributed by atoms with Gasteiger partial charge in [-0.05, 0) is 43.1 Å². The smallest absolute Gasteiger partial charge is 0.409 e. The summed E-state index contributed by atoms with van der Waals surface area (Å²) in [4.78, 5) is 18.6. The van der Waals surface area contributed by atoms with Gasteiger partial charge in [0.25, 0.3) is 0 Å². The van der Waals surface area contributed by atoms with Crippen molar-refractivity contribution in [2.45, 2.75) is 13.3 Å². The Kier molecular flexibility index (Phi) is 6.15. The van der Waals surface area contributed by atoms with E-state index in [1.807, 2.05) is 11.8 Å². The predicted molar refractivity (Wildman–Crippen MR) is 118 cm³/mol. The van der Waals surface area contributed by atoms with E-state index in [4.69, 9.17) is 4.74 Å². The number of benzene rings is 2. The molecule has 2 aromatic rings. The van der Waals surface area contributed by atoms with E-state index in [1.165, 1.54) is 22.5 Å². The first kappa shape index (κ1) is 19.5. The second-order valence-electron chi connectivity index (χ2n) is 7.48. The van der Waals surface area contributed by atoms with Crippen molar-refractivity contribution in [2.24, 2.45) is 0 Å². The summed E-state index contributed by atoms with van der Waals surface area (Å²) in [7, 11) is 0. The molecule has 0 unspecified atom stereocenters. The van der Waals surface area contributed by atoms with Crippen molar-refractivity contribution in [3.63, 3.8) is 0 Å². The monoisotopic (exact) mass is 391 g/mol. The van der Waals surface area contributed by atoms with Gasteiger partial charge in [0.1, 0.15) is 0 Å². The minimum absolute atomic E-state index is 0.183. The zero-order chi connectivity index (χ0) is 20.1. The van der Waals surface area contributed by atoms with Crippen LogP contribution >= 0.6 is 0 Å². The molecule has 1 saturated heterocycles. The van der Waals surface area contributed by atoms with Crippen LogP contribution in [-0.2, 0) is 4.74 Å². The molecule has 5 heteroatoms. The highest BCUT2D eigenvalue weighted by Crippen LogP contribution is 2.36. The Morgan fingerprint density at radius 2 is 1.45 bits per heavy atom. The van der Waals surface area contributed by atoms with E-state index in [0.29, 0.717) is 6.61 Å². The number of nitrogens with zero attached hydrogens (tertiary/aromatic N) is 3. The average Bonchev–Trinajstić information content (AvgIpc) is 2.92. The van der Waals surface area contributed by atoms with Crippen molar-refractivity contribution in [1.29, 1.82) is 0 Å². The van der Waals surface area contributed by atoms with Crippen LogP contribution in [-0.4, -0.2) is 61.8 Å². The van der Waals surface area contributed by atoms with Crippen molar-refractivity contribution in [1.82, 2.24) is 9.80 Å². The molecule has 0 spiro atoms. The minimum atomic E-state index is -0.183. The third-order valence-corrected chi connectivity index (χ3v) is 5.65. The lowest BCUT2D eigenvalue weighted by Gasteiger charge is -2.34. The molecule has 0 radical (unpaired) electrons. The lowest BCUT2D eigenvalue weighted by molar-refractivity contribution is 0.0795. The fraction of sp³-hybridized carbons (Fsp3) is 0.375. The molecule has 2 aliphatic heterocycles. The van der Waals surface area contributed by atoms with E-state index in [9.17, 15) is 4.79 Å². The standard InChI is InChI=1S/C24H29N3O2/c1-2-29-24(28)26-18-16-25(17-19-26)14-7-15-27-22-10-5-3-8-20(22)12-13-21-9-4-6-11-23(21)27/h3-6,8-13H,2,7,14-19H2,1H3. The molecule has 4 rings (SSSR count). The van der Waals surface area contributed by atoms with E-state index >= 15 is 0 Å². The molecule has 2 heterocycles. The number of fused-ring (bicyclic) bond motifs is 2. The molecule has 0 bridgehead atoms. The summed E-state index contributed by atoms with van der Waals surface area (Å²) < 4.78 is 5.11. The molecule has 0 saturated carbocycles. The molecule has 0 aromatic heterocycles. The molecule has 0 N–H and O–H groups in total. The quantitative estimate of drug-likeness (QED) is 0.753. The van der Waals surface area contributed by atoms with Gasteiger partial charge in [0, 0.05) is 44.1 Å². The first-order valence-electron chi connectivity index (χ1n) is 10.5. The number of piperazine rings is 1. The maximum atomic E-state index is 11.9.